The van der Waals surface area contributed by atoms with Gasteiger partial charge in [-0.3, -0.25) is 0 Å². The number of aromatic nitrogens is 3. The summed E-state index contributed by atoms with van der Waals surface area (Å²) in [6, 6.07) is 4.76. The second kappa shape index (κ2) is 6.79. The van der Waals surface area contributed by atoms with E-state index < -0.39 is 41.5 Å². The molecule has 0 saturated carbocycles. The molecule has 0 fully saturated rings. The van der Waals surface area contributed by atoms with Crippen LogP contribution in [0, 0.1) is 11.6 Å². The molecule has 0 spiro atoms. The van der Waals surface area contributed by atoms with E-state index in [4.69, 9.17) is 0 Å². The van der Waals surface area contributed by atoms with Crippen LogP contribution >= 0.6 is 15.9 Å². The first kappa shape index (κ1) is 17.3. The van der Waals surface area contributed by atoms with E-state index >= 15 is 0 Å². The zero-order chi connectivity index (χ0) is 18.1. The molecule has 3 rings (SSSR count). The number of hydrogen-bond acceptors (Lipinski definition) is 4. The summed E-state index contributed by atoms with van der Waals surface area (Å²) in [6.45, 7) is -0.877. The Bertz CT molecular complexity index is 995. The van der Waals surface area contributed by atoms with E-state index in [9.17, 15) is 22.4 Å². The largest absolute Gasteiger partial charge is 0.347 e. The van der Waals surface area contributed by atoms with Gasteiger partial charge < -0.3 is 9.88 Å². The maximum atomic E-state index is 14.3. The number of hydrogen-bond donors (Lipinski definition) is 1. The number of nitrogens with zero attached hydrogens (tertiary/aromatic N) is 3. The van der Waals surface area contributed by atoms with Crippen molar-refractivity contribution < 1.29 is 17.6 Å². The van der Waals surface area contributed by atoms with Crippen LogP contribution in [-0.4, -0.2) is 27.9 Å². The monoisotopic (exact) mass is 416 g/mol. The summed E-state index contributed by atoms with van der Waals surface area (Å²) < 4.78 is 54.5. The molecule has 130 valence electrons. The molecule has 0 bridgehead atoms. The zero-order valence-electron chi connectivity index (χ0n) is 12.3. The molecule has 25 heavy (non-hydrogen) atoms. The van der Waals surface area contributed by atoms with Crippen molar-refractivity contribution in [3.8, 4) is 0 Å². The highest BCUT2D eigenvalue weighted by atomic mass is 79.9. The Hall–Kier alpha value is -2.49. The van der Waals surface area contributed by atoms with Gasteiger partial charge in [0.15, 0.2) is 17.5 Å². The van der Waals surface area contributed by atoms with Gasteiger partial charge in [0.2, 0.25) is 0 Å². The molecule has 0 aliphatic heterocycles. The molecule has 3 aromatic rings. The van der Waals surface area contributed by atoms with Crippen molar-refractivity contribution in [1.82, 2.24) is 15.0 Å². The zero-order valence-corrected chi connectivity index (χ0v) is 13.9. The number of halogens is 5. The van der Waals surface area contributed by atoms with E-state index in [0.717, 1.165) is 17.0 Å². The Morgan fingerprint density at radius 3 is 2.68 bits per heavy atom. The number of nitrogens with one attached hydrogen (secondary N) is 1. The van der Waals surface area contributed by atoms with Crippen LogP contribution in [0.1, 0.15) is 0 Å². The summed E-state index contributed by atoms with van der Waals surface area (Å²) in [5.41, 5.74) is -0.743. The van der Waals surface area contributed by atoms with Gasteiger partial charge in [0.1, 0.15) is 4.60 Å². The summed E-state index contributed by atoms with van der Waals surface area (Å²) in [5, 5.41) is -0.395. The first-order valence-electron chi connectivity index (χ1n) is 6.92. The van der Waals surface area contributed by atoms with Crippen molar-refractivity contribution in [2.24, 2.45) is 0 Å². The van der Waals surface area contributed by atoms with Crippen LogP contribution in [0.2, 0.25) is 0 Å². The summed E-state index contributed by atoms with van der Waals surface area (Å²) in [7, 11) is 0. The Kier molecular flexibility index (Phi) is 4.71. The lowest BCUT2D eigenvalue weighted by Gasteiger charge is -2.24. The quantitative estimate of drug-likeness (QED) is 0.519. The minimum Gasteiger partial charge on any atom is -0.320 e. The molecule has 2 aromatic heterocycles. The van der Waals surface area contributed by atoms with Gasteiger partial charge in [0.05, 0.1) is 17.4 Å². The van der Waals surface area contributed by atoms with E-state index in [0.29, 0.717) is 4.60 Å². The molecule has 0 unspecified atom stereocenters. The Morgan fingerprint density at radius 1 is 1.24 bits per heavy atom. The Labute approximate surface area is 146 Å². The molecule has 0 radical (unpaired) electrons. The van der Waals surface area contributed by atoms with Crippen molar-refractivity contribution in [2.75, 3.05) is 11.4 Å². The second-order valence-electron chi connectivity index (χ2n) is 4.99. The molecular formula is C15H9BrF4N4O. The molecule has 0 aliphatic carbocycles. The van der Waals surface area contributed by atoms with E-state index in [1.165, 1.54) is 18.3 Å². The second-order valence-corrected chi connectivity index (χ2v) is 5.80. The molecule has 0 atom stereocenters. The van der Waals surface area contributed by atoms with Crippen molar-refractivity contribution in [3.05, 3.63) is 57.2 Å². The van der Waals surface area contributed by atoms with Crippen LogP contribution < -0.4 is 10.6 Å². The van der Waals surface area contributed by atoms with Gasteiger partial charge >= 0.3 is 5.69 Å². The third-order valence-electron chi connectivity index (χ3n) is 3.37. The Morgan fingerprint density at radius 2 is 2.00 bits per heavy atom. The van der Waals surface area contributed by atoms with E-state index in [1.807, 2.05) is 0 Å². The SMILES string of the molecule is O=c1nc(N(CC(F)F)c2ccnc(Br)c2)c2c(F)c(F)ccc2[nH]1. The third kappa shape index (κ3) is 3.48. The lowest BCUT2D eigenvalue weighted by molar-refractivity contribution is 0.158. The lowest BCUT2D eigenvalue weighted by Crippen LogP contribution is -2.28. The molecule has 1 aromatic carbocycles. The fourth-order valence-electron chi connectivity index (χ4n) is 2.38. The summed E-state index contributed by atoms with van der Waals surface area (Å²) in [6.07, 6.45) is -1.48. The molecule has 5 nitrogen and oxygen atoms in total. The highest BCUT2D eigenvalue weighted by Gasteiger charge is 2.23. The molecule has 0 aliphatic rings. The van der Waals surface area contributed by atoms with Crippen LogP contribution in [0.3, 0.4) is 0 Å². The van der Waals surface area contributed by atoms with Crippen LogP contribution in [0.5, 0.6) is 0 Å². The van der Waals surface area contributed by atoms with Gasteiger partial charge in [-0.15, -0.1) is 0 Å². The predicted molar refractivity (Wildman–Crippen MR) is 87.2 cm³/mol. The molecule has 0 saturated heterocycles. The summed E-state index contributed by atoms with van der Waals surface area (Å²) in [4.78, 5) is 22.5. The number of H-pyrrole nitrogens is 1. The van der Waals surface area contributed by atoms with Gasteiger partial charge in [-0.1, -0.05) is 0 Å². The highest BCUT2D eigenvalue weighted by Crippen LogP contribution is 2.32. The van der Waals surface area contributed by atoms with Crippen molar-refractivity contribution in [1.29, 1.82) is 0 Å². The van der Waals surface area contributed by atoms with Gasteiger partial charge in [-0.25, -0.2) is 27.3 Å². The van der Waals surface area contributed by atoms with Crippen molar-refractivity contribution in [2.45, 2.75) is 6.43 Å². The van der Waals surface area contributed by atoms with E-state index in [2.05, 4.69) is 30.9 Å². The Balaban J connectivity index is 2.32. The van der Waals surface area contributed by atoms with E-state index in [-0.39, 0.29) is 11.2 Å². The lowest BCUT2D eigenvalue weighted by atomic mass is 10.2. The van der Waals surface area contributed by atoms with Crippen molar-refractivity contribution in [3.63, 3.8) is 0 Å². The van der Waals surface area contributed by atoms with E-state index in [1.54, 1.807) is 0 Å². The fourth-order valence-corrected chi connectivity index (χ4v) is 2.73. The molecule has 0 amide bonds. The number of anilines is 2. The van der Waals surface area contributed by atoms with Crippen LogP contribution in [0.4, 0.5) is 29.1 Å². The van der Waals surface area contributed by atoms with Crippen molar-refractivity contribution >= 4 is 38.3 Å². The number of aromatic amines is 1. The first-order valence-corrected chi connectivity index (χ1v) is 7.71. The number of benzene rings is 1. The van der Waals surface area contributed by atoms with Crippen LogP contribution in [-0.2, 0) is 0 Å². The average molecular weight is 417 g/mol. The predicted octanol–water partition coefficient (Wildman–Crippen LogP) is 3.76. The highest BCUT2D eigenvalue weighted by molar-refractivity contribution is 9.10. The number of rotatable bonds is 4. The van der Waals surface area contributed by atoms with Crippen LogP contribution in [0.15, 0.2) is 39.9 Å². The van der Waals surface area contributed by atoms with Crippen LogP contribution in [0.25, 0.3) is 10.9 Å². The minimum absolute atomic E-state index is 0.0544. The standard InChI is InChI=1S/C15H9BrF4N4O/c16-10-5-7(3-4-21-10)24(6-11(18)19)14-12-9(22-15(25)23-14)2-1-8(17)13(12)20/h1-5,11H,6H2,(H,22,23,25). The smallest absolute Gasteiger partial charge is 0.320 e. The fraction of sp³-hybridized carbons (Fsp3) is 0.133. The number of pyridine rings is 1. The normalized spacial score (nSPS) is 11.3. The maximum absolute atomic E-state index is 14.3. The molecule has 10 heteroatoms. The molecule has 1 N–H and O–H groups in total. The summed E-state index contributed by atoms with van der Waals surface area (Å²) in [5.74, 6) is -2.88. The average Bonchev–Trinajstić information content (AvgIpc) is 2.55. The van der Waals surface area contributed by atoms with Gasteiger partial charge in [0, 0.05) is 11.9 Å². The van der Waals surface area contributed by atoms with Gasteiger partial charge in [-0.05, 0) is 40.2 Å². The topological polar surface area (TPSA) is 61.9 Å². The maximum Gasteiger partial charge on any atom is 0.347 e. The molecule has 2 heterocycles. The van der Waals surface area contributed by atoms with Gasteiger partial charge in [0.25, 0.3) is 6.43 Å². The van der Waals surface area contributed by atoms with Gasteiger partial charge in [-0.2, -0.15) is 4.98 Å². The summed E-state index contributed by atoms with van der Waals surface area (Å²) >= 11 is 3.11. The minimum atomic E-state index is -2.82. The molecular weight excluding hydrogens is 408 g/mol. The number of fused-ring (bicyclic) bond motifs is 1. The first-order chi connectivity index (χ1) is 11.9. The number of alkyl halides is 2. The third-order valence-corrected chi connectivity index (χ3v) is 3.80.